The summed E-state index contributed by atoms with van der Waals surface area (Å²) >= 11 is 0. The maximum absolute atomic E-state index is 15.5. The van der Waals surface area contributed by atoms with Crippen LogP contribution in [0.5, 0.6) is 5.75 Å². The number of aromatic nitrogens is 1. The van der Waals surface area contributed by atoms with Crippen molar-refractivity contribution in [3.63, 3.8) is 0 Å². The second-order valence-corrected chi connectivity index (χ2v) is 12.7. The summed E-state index contributed by atoms with van der Waals surface area (Å²) in [5.74, 6) is -7.07. The molecule has 2 fully saturated rings. The number of pyridine rings is 1. The Hall–Kier alpha value is -5.70. The van der Waals surface area contributed by atoms with Crippen molar-refractivity contribution in [2.45, 2.75) is 44.4 Å². The lowest BCUT2D eigenvalue weighted by Gasteiger charge is -2.39. The number of carbonyl (C=O) groups is 3. The zero-order chi connectivity index (χ0) is 37.6. The molecule has 2 heterocycles. The van der Waals surface area contributed by atoms with Gasteiger partial charge in [0.2, 0.25) is 0 Å². The molecule has 0 spiro atoms. The molecule has 2 aliphatic rings. The predicted octanol–water partition coefficient (Wildman–Crippen LogP) is 5.39. The number of benzene rings is 3. The van der Waals surface area contributed by atoms with Gasteiger partial charge in [0.25, 0.3) is 5.56 Å². The first-order valence-corrected chi connectivity index (χ1v) is 17.0. The van der Waals surface area contributed by atoms with E-state index in [1.54, 1.807) is 0 Å². The van der Waals surface area contributed by atoms with Gasteiger partial charge in [-0.25, -0.2) is 27.2 Å². The Balaban J connectivity index is 1.12. The molecule has 1 amide bonds. The van der Waals surface area contributed by atoms with Gasteiger partial charge in [0.05, 0.1) is 11.1 Å². The van der Waals surface area contributed by atoms with Crippen LogP contribution in [0.1, 0.15) is 47.2 Å². The third kappa shape index (κ3) is 8.52. The lowest BCUT2D eigenvalue weighted by Crippen LogP contribution is -2.59. The van der Waals surface area contributed by atoms with Crippen LogP contribution in [0.4, 0.5) is 28.2 Å². The summed E-state index contributed by atoms with van der Waals surface area (Å²) in [5.41, 5.74) is 3.95. The first-order chi connectivity index (χ1) is 25.5. The molecule has 53 heavy (non-hydrogen) atoms. The number of nitrogen functional groups attached to an aromatic ring is 1. The largest absolute Gasteiger partial charge is 0.492 e. The summed E-state index contributed by atoms with van der Waals surface area (Å²) in [4.78, 5) is 55.4. The highest BCUT2D eigenvalue weighted by atomic mass is 19.1. The summed E-state index contributed by atoms with van der Waals surface area (Å²) < 4.78 is 76.0. The van der Waals surface area contributed by atoms with Crippen molar-refractivity contribution in [3.8, 4) is 11.4 Å². The van der Waals surface area contributed by atoms with Crippen LogP contribution < -0.4 is 16.0 Å². The maximum atomic E-state index is 15.5. The number of piperazine rings is 1. The molecule has 1 saturated heterocycles. The monoisotopic (exact) mass is 736 g/mol. The summed E-state index contributed by atoms with van der Waals surface area (Å²) in [6.45, 7) is 0.776. The van der Waals surface area contributed by atoms with Crippen LogP contribution in [-0.4, -0.2) is 77.1 Å². The lowest BCUT2D eigenvalue weighted by atomic mass is 10.0. The fraction of sp³-hybridized carbons (Fsp3) is 0.316. The van der Waals surface area contributed by atoms with Gasteiger partial charge in [0, 0.05) is 50.4 Å². The van der Waals surface area contributed by atoms with Crippen molar-refractivity contribution in [2.75, 3.05) is 38.5 Å². The molecule has 4 aromatic rings. The fourth-order valence-corrected chi connectivity index (χ4v) is 6.44. The second kappa shape index (κ2) is 16.3. The molecule has 278 valence electrons. The van der Waals surface area contributed by atoms with Gasteiger partial charge < -0.3 is 19.9 Å². The van der Waals surface area contributed by atoms with Crippen LogP contribution in [0.25, 0.3) is 5.69 Å². The summed E-state index contributed by atoms with van der Waals surface area (Å²) in [5, 5.41) is 0. The number of hydrogen-bond acceptors (Lipinski definition) is 9. The number of hydrogen-bond donors (Lipinski definition) is 1. The molecule has 1 aliphatic carbocycles. The molecule has 2 N–H and O–H groups in total. The molecule has 15 heteroatoms. The molecule has 3 aromatic carbocycles. The van der Waals surface area contributed by atoms with Crippen LogP contribution in [0.3, 0.4) is 0 Å². The molecule has 11 nitrogen and oxygen atoms in total. The van der Waals surface area contributed by atoms with Crippen LogP contribution >= 0.6 is 0 Å². The standard InChI is InChI=1S/C38H36F4N4O7/c39-24-10-11-27(29(40)18-24)35(48)28-12-13-33(47)46(36(28)43)34-30(41)19-26(20-31(34)42)51-17-16-44-14-15-45(38(50)52-22-23-6-2-1-3-7-23)32(21-44)37(49)53-25-8-4-5-9-25/h1-3,6-7,10-13,18-20,25,32H,4-5,8-9,14-17,21-22,43H2. The minimum absolute atomic E-state index is 0.0325. The first-order valence-electron chi connectivity index (χ1n) is 17.0. The average molecular weight is 737 g/mol. The maximum Gasteiger partial charge on any atom is 0.410 e. The number of anilines is 1. The summed E-state index contributed by atoms with van der Waals surface area (Å²) in [6, 6.07) is 13.9. The summed E-state index contributed by atoms with van der Waals surface area (Å²) in [6.07, 6.45) is 2.53. The van der Waals surface area contributed by atoms with Crippen LogP contribution in [0, 0.1) is 23.3 Å². The smallest absolute Gasteiger partial charge is 0.410 e. The van der Waals surface area contributed by atoms with Gasteiger partial charge in [-0.15, -0.1) is 0 Å². The van der Waals surface area contributed by atoms with Crippen molar-refractivity contribution in [3.05, 3.63) is 123 Å². The van der Waals surface area contributed by atoms with Gasteiger partial charge in [-0.1, -0.05) is 30.3 Å². The molecule has 1 saturated carbocycles. The van der Waals surface area contributed by atoms with E-state index in [1.807, 2.05) is 35.2 Å². The van der Waals surface area contributed by atoms with Gasteiger partial charge in [0.1, 0.15) is 54.2 Å². The van der Waals surface area contributed by atoms with Crippen molar-refractivity contribution >= 4 is 23.7 Å². The molecular formula is C38H36F4N4O7. The van der Waals surface area contributed by atoms with E-state index in [1.165, 1.54) is 4.90 Å². The zero-order valence-corrected chi connectivity index (χ0v) is 28.4. The SMILES string of the molecule is Nc1c(C(=O)c2ccc(F)cc2F)ccc(=O)n1-c1c(F)cc(OCCN2CCN(C(=O)OCc3ccccc3)C(C(=O)OC3CCCC3)C2)cc1F. The molecule has 1 aromatic heterocycles. The Morgan fingerprint density at radius 1 is 0.830 bits per heavy atom. The minimum Gasteiger partial charge on any atom is -0.492 e. The molecule has 0 bridgehead atoms. The Morgan fingerprint density at radius 2 is 1.53 bits per heavy atom. The third-order valence-electron chi connectivity index (χ3n) is 9.20. The average Bonchev–Trinajstić information content (AvgIpc) is 3.65. The topological polar surface area (TPSA) is 133 Å². The number of esters is 1. The fourth-order valence-electron chi connectivity index (χ4n) is 6.44. The van der Waals surface area contributed by atoms with Crippen molar-refractivity contribution in [1.82, 2.24) is 14.4 Å². The number of carbonyl (C=O) groups excluding carboxylic acids is 3. The number of nitrogens with two attached hydrogens (primary N) is 1. The molecular weight excluding hydrogens is 700 g/mol. The highest BCUT2D eigenvalue weighted by Crippen LogP contribution is 2.28. The van der Waals surface area contributed by atoms with Crippen molar-refractivity contribution in [2.24, 2.45) is 0 Å². The Bertz CT molecular complexity index is 2030. The van der Waals surface area contributed by atoms with Crippen molar-refractivity contribution < 1.29 is 46.2 Å². The number of ketones is 1. The van der Waals surface area contributed by atoms with E-state index in [0.717, 1.165) is 67.6 Å². The molecule has 1 unspecified atom stereocenters. The van der Waals surface area contributed by atoms with E-state index in [4.69, 9.17) is 19.9 Å². The van der Waals surface area contributed by atoms with Crippen molar-refractivity contribution in [1.29, 1.82) is 0 Å². The van der Waals surface area contributed by atoms with E-state index in [0.29, 0.717) is 17.2 Å². The Morgan fingerprint density at radius 3 is 2.23 bits per heavy atom. The number of ether oxygens (including phenoxy) is 3. The third-order valence-corrected chi connectivity index (χ3v) is 9.20. The van der Waals surface area contributed by atoms with Gasteiger partial charge in [-0.05, 0) is 49.4 Å². The Kier molecular flexibility index (Phi) is 11.4. The number of rotatable bonds is 11. The van der Waals surface area contributed by atoms with Gasteiger partial charge in [0.15, 0.2) is 17.4 Å². The zero-order valence-electron chi connectivity index (χ0n) is 28.4. The van der Waals surface area contributed by atoms with Crippen LogP contribution in [0.2, 0.25) is 0 Å². The predicted molar refractivity (Wildman–Crippen MR) is 184 cm³/mol. The molecule has 1 atom stereocenters. The Labute approximate surface area is 301 Å². The van der Waals surface area contributed by atoms with E-state index in [9.17, 15) is 28.0 Å². The lowest BCUT2D eigenvalue weighted by molar-refractivity contribution is -0.157. The van der Waals surface area contributed by atoms with Crippen LogP contribution in [-0.2, 0) is 20.9 Å². The normalized spacial score (nSPS) is 16.4. The highest BCUT2D eigenvalue weighted by molar-refractivity contribution is 6.11. The van der Waals surface area contributed by atoms with Crippen LogP contribution in [0.15, 0.2) is 77.6 Å². The van der Waals surface area contributed by atoms with E-state index in [-0.39, 0.29) is 44.7 Å². The molecule has 1 aliphatic heterocycles. The number of amides is 1. The molecule has 6 rings (SSSR count). The summed E-state index contributed by atoms with van der Waals surface area (Å²) in [7, 11) is 0. The number of nitrogens with zero attached hydrogens (tertiary/aromatic N) is 3. The van der Waals surface area contributed by atoms with Gasteiger partial charge in [-0.3, -0.25) is 24.0 Å². The van der Waals surface area contributed by atoms with E-state index < -0.39 is 75.3 Å². The quantitative estimate of drug-likeness (QED) is 0.122. The van der Waals surface area contributed by atoms with E-state index in [2.05, 4.69) is 0 Å². The first kappa shape index (κ1) is 37.1. The highest BCUT2D eigenvalue weighted by Gasteiger charge is 2.38. The molecule has 0 radical (unpaired) electrons. The van der Waals surface area contributed by atoms with E-state index >= 15 is 8.78 Å². The van der Waals surface area contributed by atoms with Gasteiger partial charge >= 0.3 is 12.1 Å². The second-order valence-electron chi connectivity index (χ2n) is 12.7. The minimum atomic E-state index is -1.25. The number of halogens is 4. The van der Waals surface area contributed by atoms with Gasteiger partial charge in [-0.2, -0.15) is 0 Å².